The van der Waals surface area contributed by atoms with E-state index in [9.17, 15) is 45.3 Å². The Morgan fingerprint density at radius 3 is 1.22 bits per heavy atom. The number of esters is 2. The van der Waals surface area contributed by atoms with E-state index < -0.39 is 92.7 Å². The maximum atomic E-state index is 13.0. The van der Waals surface area contributed by atoms with Crippen molar-refractivity contribution in [3.63, 3.8) is 0 Å². The molecule has 2 heterocycles. The number of ether oxygens (including phenoxy) is 6. The van der Waals surface area contributed by atoms with Gasteiger partial charge in [-0.2, -0.15) is 0 Å². The van der Waals surface area contributed by atoms with Gasteiger partial charge in [-0.1, -0.05) is 212 Å². The summed E-state index contributed by atoms with van der Waals surface area (Å²) >= 11 is 0. The lowest BCUT2D eigenvalue weighted by Crippen LogP contribution is -2.61. The SMILES string of the molecule is CCCCCC/C=C/CCCCCCCCCC(=O)O[C@@H](COC(=O)CCCCCCCCCCCCCCCCCCCCCCCC)CO[C@@H]1O[C@H](CO[C@@H]2O[C@H](CO)[C@H](O)C(O)C2O)[C@H](O)C(O)C1O. The van der Waals surface area contributed by atoms with Gasteiger partial charge in [0.05, 0.1) is 19.8 Å². The molecule has 4 unspecified atom stereocenters. The monoisotopic (exact) mass is 1040 g/mol. The van der Waals surface area contributed by atoms with Crippen molar-refractivity contribution in [1.29, 1.82) is 0 Å². The highest BCUT2D eigenvalue weighted by atomic mass is 16.7. The molecule has 0 aromatic heterocycles. The van der Waals surface area contributed by atoms with E-state index in [1.54, 1.807) is 0 Å². The van der Waals surface area contributed by atoms with E-state index in [1.807, 2.05) is 0 Å². The largest absolute Gasteiger partial charge is 0.462 e. The Labute approximate surface area is 441 Å². The molecular weight excluding hydrogens is 937 g/mol. The number of hydrogen-bond acceptors (Lipinski definition) is 15. The van der Waals surface area contributed by atoms with Crippen molar-refractivity contribution in [3.05, 3.63) is 12.2 Å². The lowest BCUT2D eigenvalue weighted by atomic mass is 9.98. The first-order chi connectivity index (χ1) is 35.5. The molecule has 15 nitrogen and oxygen atoms in total. The summed E-state index contributed by atoms with van der Waals surface area (Å²) in [6.45, 7) is 2.63. The maximum Gasteiger partial charge on any atom is 0.306 e. The number of unbranched alkanes of at least 4 members (excludes halogenated alkanes) is 32. The Bertz CT molecular complexity index is 1320. The van der Waals surface area contributed by atoms with E-state index in [0.717, 1.165) is 51.4 Å². The van der Waals surface area contributed by atoms with Crippen LogP contribution in [0, 0.1) is 0 Å². The first-order valence-electron chi connectivity index (χ1n) is 29.8. The van der Waals surface area contributed by atoms with E-state index in [0.29, 0.717) is 12.8 Å². The van der Waals surface area contributed by atoms with Gasteiger partial charge < -0.3 is 64.2 Å². The summed E-state index contributed by atoms with van der Waals surface area (Å²) in [6, 6.07) is 0. The summed E-state index contributed by atoms with van der Waals surface area (Å²) < 4.78 is 33.7. The van der Waals surface area contributed by atoms with Gasteiger partial charge in [-0.3, -0.25) is 9.59 Å². The number of carbonyl (C=O) groups is 2. The van der Waals surface area contributed by atoms with Crippen molar-refractivity contribution in [2.24, 2.45) is 0 Å². The van der Waals surface area contributed by atoms with Crippen LogP contribution in [0.3, 0.4) is 0 Å². The molecule has 2 fully saturated rings. The second-order valence-electron chi connectivity index (χ2n) is 21.2. The summed E-state index contributed by atoms with van der Waals surface area (Å²) in [7, 11) is 0. The van der Waals surface area contributed by atoms with Crippen molar-refractivity contribution in [1.82, 2.24) is 0 Å². The second kappa shape index (κ2) is 45.3. The first-order valence-corrected chi connectivity index (χ1v) is 29.8. The minimum atomic E-state index is -1.76. The smallest absolute Gasteiger partial charge is 0.306 e. The molecule has 73 heavy (non-hydrogen) atoms. The predicted octanol–water partition coefficient (Wildman–Crippen LogP) is 10.1. The van der Waals surface area contributed by atoms with Crippen LogP contribution in [-0.2, 0) is 38.0 Å². The van der Waals surface area contributed by atoms with Crippen molar-refractivity contribution in [2.75, 3.05) is 26.4 Å². The zero-order valence-electron chi connectivity index (χ0n) is 45.9. The van der Waals surface area contributed by atoms with Crippen LogP contribution in [0.2, 0.25) is 0 Å². The molecule has 0 aliphatic carbocycles. The van der Waals surface area contributed by atoms with Gasteiger partial charge in [-0.05, 0) is 38.5 Å². The fraction of sp³-hybridized carbons (Fsp3) is 0.931. The Morgan fingerprint density at radius 1 is 0.425 bits per heavy atom. The molecule has 0 aromatic carbocycles. The van der Waals surface area contributed by atoms with E-state index in [2.05, 4.69) is 26.0 Å². The van der Waals surface area contributed by atoms with Gasteiger partial charge in [0.1, 0.15) is 55.4 Å². The van der Waals surface area contributed by atoms with Gasteiger partial charge in [-0.15, -0.1) is 0 Å². The molecule has 0 bridgehead atoms. The van der Waals surface area contributed by atoms with E-state index in [4.69, 9.17) is 28.4 Å². The van der Waals surface area contributed by atoms with Crippen LogP contribution in [0.5, 0.6) is 0 Å². The average molecular weight is 1050 g/mol. The highest BCUT2D eigenvalue weighted by Crippen LogP contribution is 2.27. The minimum absolute atomic E-state index is 0.164. The Balaban J connectivity index is 1.72. The maximum absolute atomic E-state index is 13.0. The molecule has 0 radical (unpaired) electrons. The molecule has 0 spiro atoms. The fourth-order valence-corrected chi connectivity index (χ4v) is 9.63. The van der Waals surface area contributed by atoms with Crippen LogP contribution in [0.4, 0.5) is 0 Å². The molecule has 7 N–H and O–H groups in total. The second-order valence-corrected chi connectivity index (χ2v) is 21.2. The highest BCUT2D eigenvalue weighted by molar-refractivity contribution is 5.70. The molecule has 2 saturated heterocycles. The van der Waals surface area contributed by atoms with Crippen molar-refractivity contribution >= 4 is 11.9 Å². The number of aliphatic hydroxyl groups excluding tert-OH is 7. The van der Waals surface area contributed by atoms with E-state index >= 15 is 0 Å². The lowest BCUT2D eigenvalue weighted by Gasteiger charge is -2.42. The van der Waals surface area contributed by atoms with Crippen molar-refractivity contribution in [2.45, 2.75) is 319 Å². The van der Waals surface area contributed by atoms with Crippen LogP contribution in [-0.4, -0.2) is 142 Å². The molecular formula is C58H108O15. The predicted molar refractivity (Wildman–Crippen MR) is 285 cm³/mol. The average Bonchev–Trinajstić information content (AvgIpc) is 3.38. The summed E-state index contributed by atoms with van der Waals surface area (Å²) in [5, 5.41) is 72.3. The van der Waals surface area contributed by atoms with Gasteiger partial charge in [0, 0.05) is 12.8 Å². The summed E-state index contributed by atoms with van der Waals surface area (Å²) in [5.74, 6) is -0.914. The van der Waals surface area contributed by atoms with Gasteiger partial charge in [-0.25, -0.2) is 0 Å². The number of aliphatic hydroxyl groups is 7. The van der Waals surface area contributed by atoms with Crippen molar-refractivity contribution in [3.8, 4) is 0 Å². The highest BCUT2D eigenvalue weighted by Gasteiger charge is 2.47. The molecule has 0 aromatic rings. The molecule has 2 aliphatic rings. The third-order valence-corrected chi connectivity index (χ3v) is 14.5. The van der Waals surface area contributed by atoms with E-state index in [-0.39, 0.29) is 26.1 Å². The normalized spacial score (nSPS) is 24.8. The summed E-state index contributed by atoms with van der Waals surface area (Å²) in [6.07, 6.45) is 30.9. The molecule has 2 rings (SSSR count). The first kappa shape index (κ1) is 67.3. The molecule has 2 aliphatic heterocycles. The Kier molecular flexibility index (Phi) is 41.8. The molecule has 0 saturated carbocycles. The topological polar surface area (TPSA) is 231 Å². The molecule has 430 valence electrons. The van der Waals surface area contributed by atoms with Gasteiger partial charge in [0.15, 0.2) is 18.7 Å². The Hall–Kier alpha value is -1.76. The number of allylic oxidation sites excluding steroid dienone is 2. The van der Waals surface area contributed by atoms with Gasteiger partial charge in [0.25, 0.3) is 0 Å². The minimum Gasteiger partial charge on any atom is -0.462 e. The molecule has 11 atom stereocenters. The summed E-state index contributed by atoms with van der Waals surface area (Å²) in [4.78, 5) is 25.9. The number of hydrogen-bond donors (Lipinski definition) is 7. The van der Waals surface area contributed by atoms with Gasteiger partial charge in [0.2, 0.25) is 0 Å². The lowest BCUT2D eigenvalue weighted by molar-refractivity contribution is -0.332. The zero-order valence-corrected chi connectivity index (χ0v) is 45.9. The quantitative estimate of drug-likeness (QED) is 0.0171. The number of rotatable bonds is 48. The fourth-order valence-electron chi connectivity index (χ4n) is 9.63. The molecule has 0 amide bonds. The number of carbonyl (C=O) groups excluding carboxylic acids is 2. The van der Waals surface area contributed by atoms with E-state index in [1.165, 1.54) is 161 Å². The van der Waals surface area contributed by atoms with Crippen LogP contribution in [0.1, 0.15) is 251 Å². The van der Waals surface area contributed by atoms with Crippen LogP contribution in [0.25, 0.3) is 0 Å². The van der Waals surface area contributed by atoms with Crippen LogP contribution in [0.15, 0.2) is 12.2 Å². The van der Waals surface area contributed by atoms with Crippen LogP contribution < -0.4 is 0 Å². The molecule has 15 heteroatoms. The zero-order chi connectivity index (χ0) is 53.2. The third-order valence-electron chi connectivity index (χ3n) is 14.5. The standard InChI is InChI=1S/C58H108O15/c1-3-5-7-9-11-13-15-17-19-20-21-22-23-24-25-27-28-30-32-34-36-38-40-49(60)68-43-46(71-50(61)41-39-37-35-33-31-29-26-18-16-14-12-10-8-6-4-2)44-69-57-56(67)54(65)52(63)48(73-57)45-70-58-55(66)53(64)51(62)47(42-59)72-58/h14,16,46-48,51-59,62-67H,3-13,15,17-45H2,1-2H3/b16-14+/t46-,47+,48+,51-,52-,53?,54?,55?,56?,57+,58+/m0/s1. The van der Waals surface area contributed by atoms with Gasteiger partial charge >= 0.3 is 11.9 Å². The van der Waals surface area contributed by atoms with Crippen molar-refractivity contribution < 1.29 is 73.8 Å². The summed E-state index contributed by atoms with van der Waals surface area (Å²) in [5.41, 5.74) is 0. The Morgan fingerprint density at radius 2 is 0.781 bits per heavy atom. The van der Waals surface area contributed by atoms with Crippen LogP contribution >= 0.6 is 0 Å². The third kappa shape index (κ3) is 32.6.